The van der Waals surface area contributed by atoms with Crippen LogP contribution in [-0.4, -0.2) is 61.3 Å². The van der Waals surface area contributed by atoms with Crippen LogP contribution in [0.15, 0.2) is 24.3 Å². The second-order valence-electron chi connectivity index (χ2n) is 7.57. The van der Waals surface area contributed by atoms with Crippen LogP contribution in [0.1, 0.15) is 26.2 Å². The smallest absolute Gasteiger partial charge is 0.228 e. The summed E-state index contributed by atoms with van der Waals surface area (Å²) in [4.78, 5) is 40.2. The van der Waals surface area contributed by atoms with Crippen molar-refractivity contribution < 1.29 is 23.9 Å². The normalized spacial score (nSPS) is 24.0. The van der Waals surface area contributed by atoms with Gasteiger partial charge in [0.15, 0.2) is 5.79 Å². The van der Waals surface area contributed by atoms with E-state index < -0.39 is 5.79 Å². The highest BCUT2D eigenvalue weighted by Crippen LogP contribution is 2.33. The molecule has 4 rings (SSSR count). The van der Waals surface area contributed by atoms with Gasteiger partial charge in [-0.2, -0.15) is 0 Å². The molecule has 3 fully saturated rings. The number of hydrogen-bond donors (Lipinski definition) is 1. The van der Waals surface area contributed by atoms with Gasteiger partial charge in [-0.1, -0.05) is 6.07 Å². The van der Waals surface area contributed by atoms with Crippen LogP contribution in [0.25, 0.3) is 0 Å². The molecule has 0 aliphatic carbocycles. The first-order chi connectivity index (χ1) is 13.5. The zero-order valence-corrected chi connectivity index (χ0v) is 16.0. The van der Waals surface area contributed by atoms with E-state index in [4.69, 9.17) is 9.47 Å². The monoisotopic (exact) mass is 387 g/mol. The van der Waals surface area contributed by atoms with Gasteiger partial charge in [-0.15, -0.1) is 0 Å². The van der Waals surface area contributed by atoms with Crippen LogP contribution in [0, 0.1) is 5.92 Å². The Bertz CT molecular complexity index is 780. The Kier molecular flexibility index (Phi) is 5.07. The van der Waals surface area contributed by atoms with E-state index in [1.165, 1.54) is 6.92 Å². The van der Waals surface area contributed by atoms with Gasteiger partial charge in [-0.25, -0.2) is 0 Å². The van der Waals surface area contributed by atoms with E-state index in [2.05, 4.69) is 5.32 Å². The molecule has 3 saturated heterocycles. The van der Waals surface area contributed by atoms with Gasteiger partial charge in [0.05, 0.1) is 19.1 Å². The Morgan fingerprint density at radius 1 is 1.18 bits per heavy atom. The summed E-state index contributed by atoms with van der Waals surface area (Å²) in [6, 6.07) is 7.13. The molecule has 1 atom stereocenters. The van der Waals surface area contributed by atoms with Crippen molar-refractivity contribution >= 4 is 29.1 Å². The van der Waals surface area contributed by atoms with Crippen molar-refractivity contribution in [2.24, 2.45) is 5.92 Å². The molecule has 28 heavy (non-hydrogen) atoms. The van der Waals surface area contributed by atoms with Crippen molar-refractivity contribution in [1.29, 1.82) is 0 Å². The van der Waals surface area contributed by atoms with E-state index in [9.17, 15) is 14.4 Å². The topological polar surface area (TPSA) is 88.2 Å². The van der Waals surface area contributed by atoms with E-state index in [1.807, 2.05) is 11.0 Å². The van der Waals surface area contributed by atoms with Gasteiger partial charge in [0.2, 0.25) is 17.7 Å². The molecule has 0 saturated carbocycles. The molecule has 8 nitrogen and oxygen atoms in total. The minimum absolute atomic E-state index is 0.0155. The van der Waals surface area contributed by atoms with Crippen LogP contribution in [-0.2, 0) is 23.9 Å². The lowest BCUT2D eigenvalue weighted by atomic mass is 10.0. The zero-order chi connectivity index (χ0) is 19.7. The molecule has 1 aromatic carbocycles. The van der Waals surface area contributed by atoms with Crippen LogP contribution in [0.4, 0.5) is 11.4 Å². The number of ether oxygens (including phenoxy) is 2. The maximum Gasteiger partial charge on any atom is 0.228 e. The summed E-state index contributed by atoms with van der Waals surface area (Å²) in [6.45, 7) is 4.18. The molecular formula is C20H25N3O5. The van der Waals surface area contributed by atoms with Gasteiger partial charge >= 0.3 is 0 Å². The highest BCUT2D eigenvalue weighted by atomic mass is 16.7. The van der Waals surface area contributed by atoms with Crippen molar-refractivity contribution in [2.45, 2.75) is 32.0 Å². The van der Waals surface area contributed by atoms with E-state index in [1.54, 1.807) is 23.1 Å². The number of benzene rings is 1. The van der Waals surface area contributed by atoms with E-state index in [-0.39, 0.29) is 30.1 Å². The maximum absolute atomic E-state index is 12.9. The van der Waals surface area contributed by atoms with Crippen molar-refractivity contribution in [1.82, 2.24) is 4.90 Å². The Morgan fingerprint density at radius 2 is 1.89 bits per heavy atom. The lowest BCUT2D eigenvalue weighted by molar-refractivity contribution is -0.188. The minimum Gasteiger partial charge on any atom is -0.347 e. The van der Waals surface area contributed by atoms with Crippen molar-refractivity contribution in [2.75, 3.05) is 43.1 Å². The summed E-state index contributed by atoms with van der Waals surface area (Å²) >= 11 is 0. The Morgan fingerprint density at radius 3 is 2.57 bits per heavy atom. The molecule has 0 radical (unpaired) electrons. The Balaban J connectivity index is 1.39. The lowest BCUT2D eigenvalue weighted by Crippen LogP contribution is -2.49. The second kappa shape index (κ2) is 7.52. The Hall–Kier alpha value is -2.45. The molecule has 3 amide bonds. The van der Waals surface area contributed by atoms with Crippen LogP contribution in [0.3, 0.4) is 0 Å². The fraction of sp³-hybridized carbons (Fsp3) is 0.550. The quantitative estimate of drug-likeness (QED) is 0.846. The largest absolute Gasteiger partial charge is 0.347 e. The molecule has 3 aliphatic rings. The van der Waals surface area contributed by atoms with Gasteiger partial charge in [0.25, 0.3) is 0 Å². The van der Waals surface area contributed by atoms with Gasteiger partial charge in [-0.3, -0.25) is 14.4 Å². The number of amides is 3. The fourth-order valence-corrected chi connectivity index (χ4v) is 4.19. The molecule has 150 valence electrons. The third-order valence-corrected chi connectivity index (χ3v) is 5.60. The number of piperidine rings is 1. The number of hydrogen-bond acceptors (Lipinski definition) is 5. The fourth-order valence-electron chi connectivity index (χ4n) is 4.19. The summed E-state index contributed by atoms with van der Waals surface area (Å²) < 4.78 is 11.4. The summed E-state index contributed by atoms with van der Waals surface area (Å²) in [5, 5.41) is 2.72. The Labute approximate surface area is 163 Å². The van der Waals surface area contributed by atoms with Gasteiger partial charge in [0.1, 0.15) is 0 Å². The highest BCUT2D eigenvalue weighted by molar-refractivity contribution is 6.01. The molecule has 3 heterocycles. The number of carbonyl (C=O) groups excluding carboxylic acids is 3. The molecule has 3 aliphatic heterocycles. The van der Waals surface area contributed by atoms with Gasteiger partial charge in [-0.05, 0) is 18.2 Å². The summed E-state index contributed by atoms with van der Waals surface area (Å²) in [5.74, 6) is -1.10. The standard InChI is InChI=1S/C20H25N3O5/c1-14(24)21-16-3-2-4-17(12-16)23-13-15(11-18(23)25)19(26)22-7-5-20(6-8-22)27-9-10-28-20/h2-4,12,15H,5-11,13H2,1H3,(H,21,24). The minimum atomic E-state index is -0.515. The average molecular weight is 387 g/mol. The molecule has 1 unspecified atom stereocenters. The summed E-state index contributed by atoms with van der Waals surface area (Å²) in [6.07, 6.45) is 1.54. The van der Waals surface area contributed by atoms with E-state index in [0.717, 1.165) is 0 Å². The first kappa shape index (κ1) is 18.9. The highest BCUT2D eigenvalue weighted by Gasteiger charge is 2.43. The predicted octanol–water partition coefficient (Wildman–Crippen LogP) is 1.36. The SMILES string of the molecule is CC(=O)Nc1cccc(N2CC(C(=O)N3CCC4(CC3)OCCO4)CC2=O)c1. The summed E-state index contributed by atoms with van der Waals surface area (Å²) in [5.41, 5.74) is 1.32. The van der Waals surface area contributed by atoms with Crippen molar-refractivity contribution in [3.05, 3.63) is 24.3 Å². The maximum atomic E-state index is 12.9. The van der Waals surface area contributed by atoms with E-state index >= 15 is 0 Å². The molecule has 8 heteroatoms. The number of rotatable bonds is 3. The second-order valence-corrected chi connectivity index (χ2v) is 7.57. The molecule has 0 aromatic heterocycles. The molecule has 1 N–H and O–H groups in total. The third-order valence-electron chi connectivity index (χ3n) is 5.60. The first-order valence-electron chi connectivity index (χ1n) is 9.70. The molecule has 1 aromatic rings. The summed E-state index contributed by atoms with van der Waals surface area (Å²) in [7, 11) is 0. The lowest BCUT2D eigenvalue weighted by Gasteiger charge is -2.38. The first-order valence-corrected chi connectivity index (χ1v) is 9.70. The van der Waals surface area contributed by atoms with Crippen LogP contribution >= 0.6 is 0 Å². The number of carbonyl (C=O) groups is 3. The molecular weight excluding hydrogens is 362 g/mol. The van der Waals surface area contributed by atoms with Crippen molar-refractivity contribution in [3.8, 4) is 0 Å². The number of nitrogens with zero attached hydrogens (tertiary/aromatic N) is 2. The van der Waals surface area contributed by atoms with Crippen molar-refractivity contribution in [3.63, 3.8) is 0 Å². The molecule has 1 spiro atoms. The third kappa shape index (κ3) is 3.74. The van der Waals surface area contributed by atoms with Crippen LogP contribution < -0.4 is 10.2 Å². The van der Waals surface area contributed by atoms with Crippen LogP contribution in [0.5, 0.6) is 0 Å². The van der Waals surface area contributed by atoms with Gasteiger partial charge < -0.3 is 24.6 Å². The zero-order valence-electron chi connectivity index (χ0n) is 16.0. The molecule has 0 bridgehead atoms. The van der Waals surface area contributed by atoms with E-state index in [0.29, 0.717) is 57.1 Å². The number of likely N-dealkylation sites (tertiary alicyclic amines) is 1. The van der Waals surface area contributed by atoms with Crippen LogP contribution in [0.2, 0.25) is 0 Å². The van der Waals surface area contributed by atoms with Gasteiger partial charge in [0, 0.05) is 57.2 Å². The number of nitrogens with one attached hydrogen (secondary N) is 1. The average Bonchev–Trinajstić information content (AvgIpc) is 3.28. The predicted molar refractivity (Wildman–Crippen MR) is 102 cm³/mol. The number of anilines is 2.